The summed E-state index contributed by atoms with van der Waals surface area (Å²) in [6.45, 7) is 2.17. The van der Waals surface area contributed by atoms with E-state index in [2.05, 4.69) is 42.2 Å². The highest BCUT2D eigenvalue weighted by Gasteiger charge is 2.32. The molecule has 1 aromatic rings. The second-order valence-corrected chi connectivity index (χ2v) is 5.92. The molecule has 0 amide bonds. The Morgan fingerprint density at radius 1 is 1.61 bits per heavy atom. The van der Waals surface area contributed by atoms with Gasteiger partial charge in [-0.1, -0.05) is 0 Å². The van der Waals surface area contributed by atoms with Gasteiger partial charge in [0.1, 0.15) is 6.04 Å². The van der Waals surface area contributed by atoms with Crippen LogP contribution in [0.4, 0.5) is 0 Å². The topological polar surface area (TPSA) is 51.2 Å². The summed E-state index contributed by atoms with van der Waals surface area (Å²) < 4.78 is 6.76. The molecule has 6 heteroatoms. The van der Waals surface area contributed by atoms with Gasteiger partial charge in [0.2, 0.25) is 0 Å². The Balaban J connectivity index is 2.23. The van der Waals surface area contributed by atoms with E-state index >= 15 is 0 Å². The summed E-state index contributed by atoms with van der Waals surface area (Å²) >= 11 is 6.78. The molecule has 2 rings (SSSR count). The van der Waals surface area contributed by atoms with Crippen LogP contribution in [0.25, 0.3) is 0 Å². The fourth-order valence-corrected chi connectivity index (χ4v) is 2.82. The van der Waals surface area contributed by atoms with Crippen LogP contribution in [-0.4, -0.2) is 23.6 Å². The van der Waals surface area contributed by atoms with Gasteiger partial charge in [-0.3, -0.25) is 10.3 Å². The van der Waals surface area contributed by atoms with E-state index < -0.39 is 6.04 Å². The minimum absolute atomic E-state index is 0.278. The third kappa shape index (κ3) is 3.52. The number of aromatic nitrogens is 1. The van der Waals surface area contributed by atoms with E-state index in [9.17, 15) is 4.79 Å². The van der Waals surface area contributed by atoms with E-state index in [1.807, 2.05) is 6.07 Å². The minimum atomic E-state index is -0.500. The summed E-state index contributed by atoms with van der Waals surface area (Å²) in [4.78, 5) is 16.3. The molecule has 4 nitrogen and oxygen atoms in total. The van der Waals surface area contributed by atoms with Crippen molar-refractivity contribution in [3.8, 4) is 0 Å². The van der Waals surface area contributed by atoms with E-state index in [0.717, 1.165) is 21.8 Å². The number of halogens is 2. The molecule has 0 saturated heterocycles. The molecule has 1 aliphatic rings. The lowest BCUT2D eigenvalue weighted by Gasteiger charge is -2.17. The average Bonchev–Trinajstić information content (AvgIpc) is 3.11. The maximum atomic E-state index is 12.0. The first-order valence-corrected chi connectivity index (χ1v) is 7.44. The smallest absolute Gasteiger partial charge is 0.329 e. The zero-order chi connectivity index (χ0) is 13.1. The monoisotopic (exact) mass is 376 g/mol. The van der Waals surface area contributed by atoms with E-state index in [-0.39, 0.29) is 5.97 Å². The van der Waals surface area contributed by atoms with Gasteiger partial charge in [0.25, 0.3) is 0 Å². The minimum Gasteiger partial charge on any atom is -0.465 e. The molecule has 98 valence electrons. The van der Waals surface area contributed by atoms with Crippen LogP contribution in [0.15, 0.2) is 21.2 Å². The van der Waals surface area contributed by atoms with Crippen molar-refractivity contribution in [3.63, 3.8) is 0 Å². The van der Waals surface area contributed by atoms with E-state index in [1.54, 1.807) is 13.1 Å². The molecule has 1 heterocycles. The lowest BCUT2D eigenvalue weighted by Crippen LogP contribution is -2.32. The van der Waals surface area contributed by atoms with Crippen molar-refractivity contribution in [2.75, 3.05) is 6.61 Å². The lowest BCUT2D eigenvalue weighted by atomic mass is 10.2. The van der Waals surface area contributed by atoms with Crippen LogP contribution in [-0.2, 0) is 9.53 Å². The number of carbonyl (C=O) groups is 1. The molecule has 1 aliphatic carbocycles. The molecule has 18 heavy (non-hydrogen) atoms. The number of pyridine rings is 1. The van der Waals surface area contributed by atoms with Gasteiger partial charge in [0, 0.05) is 21.2 Å². The quantitative estimate of drug-likeness (QED) is 0.801. The van der Waals surface area contributed by atoms with Crippen molar-refractivity contribution >= 4 is 37.8 Å². The summed E-state index contributed by atoms with van der Waals surface area (Å²) in [6, 6.07) is 1.78. The molecule has 1 aromatic heterocycles. The summed E-state index contributed by atoms with van der Waals surface area (Å²) in [6.07, 6.45) is 3.88. The van der Waals surface area contributed by atoms with Gasteiger partial charge in [-0.15, -0.1) is 0 Å². The van der Waals surface area contributed by atoms with Crippen molar-refractivity contribution in [1.29, 1.82) is 0 Å². The molecule has 1 N–H and O–H groups in total. The Labute approximate surface area is 123 Å². The summed E-state index contributed by atoms with van der Waals surface area (Å²) in [7, 11) is 0. The molecule has 0 spiro atoms. The van der Waals surface area contributed by atoms with Crippen molar-refractivity contribution in [3.05, 3.63) is 26.9 Å². The Morgan fingerprint density at radius 2 is 2.33 bits per heavy atom. The number of nitrogens with one attached hydrogen (secondary N) is 1. The van der Waals surface area contributed by atoms with Gasteiger partial charge in [0.05, 0.1) is 12.3 Å². The Hall–Kier alpha value is -0.460. The largest absolute Gasteiger partial charge is 0.465 e. The zero-order valence-corrected chi connectivity index (χ0v) is 13.1. The predicted molar refractivity (Wildman–Crippen MR) is 75.2 cm³/mol. The molecule has 1 unspecified atom stereocenters. The van der Waals surface area contributed by atoms with Gasteiger partial charge in [-0.25, -0.2) is 4.79 Å². The number of hydrogen-bond acceptors (Lipinski definition) is 4. The fraction of sp³-hybridized carbons (Fsp3) is 0.500. The number of carbonyl (C=O) groups excluding carboxylic acids is 1. The highest BCUT2D eigenvalue weighted by atomic mass is 79.9. The molecule has 0 bridgehead atoms. The number of esters is 1. The Kier molecular flexibility index (Phi) is 4.75. The van der Waals surface area contributed by atoms with E-state index in [0.29, 0.717) is 18.3 Å². The van der Waals surface area contributed by atoms with Crippen LogP contribution in [0.3, 0.4) is 0 Å². The van der Waals surface area contributed by atoms with E-state index in [4.69, 9.17) is 4.74 Å². The van der Waals surface area contributed by atoms with Crippen molar-refractivity contribution in [1.82, 2.24) is 10.3 Å². The first-order chi connectivity index (χ1) is 8.61. The Morgan fingerprint density at radius 3 is 2.89 bits per heavy atom. The fourth-order valence-electron chi connectivity index (χ4n) is 1.61. The second-order valence-electron chi connectivity index (χ2n) is 4.15. The van der Waals surface area contributed by atoms with Gasteiger partial charge in [-0.05, 0) is 57.7 Å². The van der Waals surface area contributed by atoms with Gasteiger partial charge in [0.15, 0.2) is 0 Å². The van der Waals surface area contributed by atoms with Crippen molar-refractivity contribution in [2.45, 2.75) is 31.8 Å². The third-order valence-corrected chi connectivity index (χ3v) is 3.68. The summed E-state index contributed by atoms with van der Waals surface area (Å²) in [5.74, 6) is -0.278. The van der Waals surface area contributed by atoms with Crippen LogP contribution < -0.4 is 5.32 Å². The standard InChI is InChI=1S/C12H14Br2N2O2/c1-2-18-12(17)11(16-8-3-4-8)10-9(14)5-7(13)6-15-10/h5-6,8,11,16H,2-4H2,1H3. The maximum Gasteiger partial charge on any atom is 0.329 e. The van der Waals surface area contributed by atoms with Gasteiger partial charge >= 0.3 is 5.97 Å². The normalized spacial score (nSPS) is 16.4. The van der Waals surface area contributed by atoms with E-state index in [1.165, 1.54) is 0 Å². The molecule has 1 saturated carbocycles. The molecular weight excluding hydrogens is 364 g/mol. The molecule has 1 fully saturated rings. The maximum absolute atomic E-state index is 12.0. The molecule has 1 atom stereocenters. The van der Waals surface area contributed by atoms with Crippen molar-refractivity contribution in [2.24, 2.45) is 0 Å². The van der Waals surface area contributed by atoms with Crippen molar-refractivity contribution < 1.29 is 9.53 Å². The zero-order valence-electron chi connectivity index (χ0n) is 9.95. The highest BCUT2D eigenvalue weighted by molar-refractivity contribution is 9.11. The molecule has 0 aliphatic heterocycles. The number of ether oxygens (including phenoxy) is 1. The third-order valence-electron chi connectivity index (χ3n) is 2.61. The van der Waals surface area contributed by atoms with Crippen LogP contribution in [0, 0.1) is 0 Å². The first-order valence-electron chi connectivity index (χ1n) is 5.85. The number of hydrogen-bond donors (Lipinski definition) is 1. The Bertz CT molecular complexity index is 450. The predicted octanol–water partition coefficient (Wildman–Crippen LogP) is 2.96. The van der Waals surface area contributed by atoms with Crippen LogP contribution in [0.2, 0.25) is 0 Å². The lowest BCUT2D eigenvalue weighted by molar-refractivity contribution is -0.146. The van der Waals surface area contributed by atoms with Gasteiger partial charge in [-0.2, -0.15) is 0 Å². The van der Waals surface area contributed by atoms with Crippen LogP contribution in [0.5, 0.6) is 0 Å². The molecule has 0 aromatic carbocycles. The average molecular weight is 378 g/mol. The SMILES string of the molecule is CCOC(=O)C(NC1CC1)c1ncc(Br)cc1Br. The highest BCUT2D eigenvalue weighted by Crippen LogP contribution is 2.29. The second kappa shape index (κ2) is 6.12. The van der Waals surface area contributed by atoms with Crippen LogP contribution in [0.1, 0.15) is 31.5 Å². The number of rotatable bonds is 5. The molecular formula is C12H14Br2N2O2. The number of nitrogens with zero attached hydrogens (tertiary/aromatic N) is 1. The molecule has 0 radical (unpaired) electrons. The van der Waals surface area contributed by atoms with Gasteiger partial charge < -0.3 is 4.74 Å². The first kappa shape index (κ1) is 14.0. The summed E-state index contributed by atoms with van der Waals surface area (Å²) in [5.41, 5.74) is 0.670. The van der Waals surface area contributed by atoms with Crippen LogP contribution >= 0.6 is 31.9 Å². The summed E-state index contributed by atoms with van der Waals surface area (Å²) in [5, 5.41) is 3.27.